The molecule has 0 spiro atoms. The van der Waals surface area contributed by atoms with Crippen LogP contribution >= 0.6 is 0 Å². The van der Waals surface area contributed by atoms with E-state index in [4.69, 9.17) is 23.7 Å². The molecule has 1 saturated heterocycles. The molecule has 8 atom stereocenters. The zero-order valence-electron chi connectivity index (χ0n) is 28.3. The van der Waals surface area contributed by atoms with Crippen LogP contribution < -0.4 is 0 Å². The van der Waals surface area contributed by atoms with E-state index in [0.29, 0.717) is 12.8 Å². The number of ether oxygens (including phenoxy) is 5. The minimum Gasteiger partial charge on any atom is -0.459 e. The largest absolute Gasteiger partial charge is 0.459 e. The molecule has 2 aliphatic carbocycles. The first-order valence-electron chi connectivity index (χ1n) is 16.3. The van der Waals surface area contributed by atoms with Gasteiger partial charge in [0.15, 0.2) is 29.5 Å². The van der Waals surface area contributed by atoms with Crippen LogP contribution in [0.5, 0.6) is 0 Å². The Balaban J connectivity index is 2.23. The second-order valence-corrected chi connectivity index (χ2v) is 13.1. The first kappa shape index (κ1) is 37.2. The highest BCUT2D eigenvalue weighted by Crippen LogP contribution is 2.57. The van der Waals surface area contributed by atoms with Crippen molar-refractivity contribution in [3.05, 3.63) is 22.8 Å². The molecule has 46 heavy (non-hydrogen) atoms. The third-order valence-corrected chi connectivity index (χ3v) is 9.51. The molecule has 1 heterocycles. The second-order valence-electron chi connectivity index (χ2n) is 13.1. The van der Waals surface area contributed by atoms with E-state index in [1.807, 2.05) is 0 Å². The first-order valence-corrected chi connectivity index (χ1v) is 16.3. The van der Waals surface area contributed by atoms with Crippen molar-refractivity contribution in [2.75, 3.05) is 0 Å². The molecule has 2 N–H and O–H groups in total. The maximum atomic E-state index is 13.3. The van der Waals surface area contributed by atoms with Crippen LogP contribution in [0.15, 0.2) is 22.8 Å². The second kappa shape index (κ2) is 14.7. The van der Waals surface area contributed by atoms with Crippen LogP contribution in [0.3, 0.4) is 0 Å². The SMILES string of the molecule is C/C=C(\C)C(=O)OC1C(C)=C2C(C1OC(=O)CCCCCCC)C(C)(OC(C)=O)CC(OC(=O)CCC)C1(O)C2OC(=O)C1(C)O. The lowest BCUT2D eigenvalue weighted by Crippen LogP contribution is -2.64. The van der Waals surface area contributed by atoms with Crippen LogP contribution in [0.25, 0.3) is 0 Å². The molecule has 1 aliphatic heterocycles. The highest BCUT2D eigenvalue weighted by atomic mass is 16.6. The zero-order chi connectivity index (χ0) is 34.6. The molecule has 0 bridgehead atoms. The fraction of sp³-hybridized carbons (Fsp3) is 0.735. The summed E-state index contributed by atoms with van der Waals surface area (Å²) >= 11 is 0. The van der Waals surface area contributed by atoms with Gasteiger partial charge >= 0.3 is 29.8 Å². The van der Waals surface area contributed by atoms with Gasteiger partial charge in [-0.15, -0.1) is 0 Å². The topological polar surface area (TPSA) is 172 Å². The van der Waals surface area contributed by atoms with Gasteiger partial charge in [0.2, 0.25) is 0 Å². The van der Waals surface area contributed by atoms with E-state index in [1.54, 1.807) is 33.8 Å². The van der Waals surface area contributed by atoms with Crippen molar-refractivity contribution >= 4 is 29.8 Å². The van der Waals surface area contributed by atoms with Gasteiger partial charge in [-0.1, -0.05) is 45.6 Å². The number of aliphatic hydroxyl groups is 2. The highest BCUT2D eigenvalue weighted by molar-refractivity contribution is 5.88. The maximum Gasteiger partial charge on any atom is 0.341 e. The molecule has 12 heteroatoms. The summed E-state index contributed by atoms with van der Waals surface area (Å²) in [6.45, 7) is 12.4. The first-order chi connectivity index (χ1) is 21.5. The predicted molar refractivity (Wildman–Crippen MR) is 164 cm³/mol. The smallest absolute Gasteiger partial charge is 0.341 e. The Hall–Kier alpha value is -3.25. The lowest BCUT2D eigenvalue weighted by atomic mass is 9.75. The lowest BCUT2D eigenvalue weighted by molar-refractivity contribution is -0.212. The average molecular weight is 651 g/mol. The Morgan fingerprint density at radius 2 is 1.57 bits per heavy atom. The Morgan fingerprint density at radius 1 is 0.935 bits per heavy atom. The molecule has 8 unspecified atom stereocenters. The van der Waals surface area contributed by atoms with E-state index in [2.05, 4.69) is 6.92 Å². The van der Waals surface area contributed by atoms with Gasteiger partial charge in [-0.25, -0.2) is 9.59 Å². The Kier molecular flexibility index (Phi) is 11.9. The fourth-order valence-electron chi connectivity index (χ4n) is 6.90. The fourth-order valence-corrected chi connectivity index (χ4v) is 6.90. The quantitative estimate of drug-likeness (QED) is 0.0969. The van der Waals surface area contributed by atoms with Crippen LogP contribution in [0.4, 0.5) is 0 Å². The minimum atomic E-state index is -2.57. The normalized spacial score (nSPS) is 33.8. The number of hydrogen-bond donors (Lipinski definition) is 2. The monoisotopic (exact) mass is 650 g/mol. The minimum absolute atomic E-state index is 0.0234. The van der Waals surface area contributed by atoms with Gasteiger partial charge in [-0.05, 0) is 58.6 Å². The number of fused-ring (bicyclic) bond motifs is 3. The molecule has 0 amide bonds. The van der Waals surface area contributed by atoms with Gasteiger partial charge in [0.25, 0.3) is 0 Å². The van der Waals surface area contributed by atoms with E-state index in [-0.39, 0.29) is 29.6 Å². The molecule has 0 aromatic carbocycles. The summed E-state index contributed by atoms with van der Waals surface area (Å²) in [7, 11) is 0. The standard InChI is InChI=1S/C34H50O12/c1-9-12-13-14-15-17-24(37)43-28-26-25(20(5)27(28)44-30(38)19(4)11-3)29-34(41,33(8,40)31(39)45-29)22(42-23(36)16-10-2)18-32(26,7)46-21(6)35/h11,22,26-29,40-41H,9-10,12-18H2,1-8H3/b19-11+. The molecule has 12 nitrogen and oxygen atoms in total. The molecule has 0 aromatic rings. The summed E-state index contributed by atoms with van der Waals surface area (Å²) in [5.74, 6) is -5.03. The zero-order valence-corrected chi connectivity index (χ0v) is 28.3. The molecular weight excluding hydrogens is 600 g/mol. The van der Waals surface area contributed by atoms with Crippen LogP contribution in [-0.4, -0.2) is 81.3 Å². The van der Waals surface area contributed by atoms with E-state index < -0.39 is 83.4 Å². The van der Waals surface area contributed by atoms with Crippen LogP contribution in [0.1, 0.15) is 113 Å². The Labute approximate surface area is 270 Å². The summed E-state index contributed by atoms with van der Waals surface area (Å²) in [4.78, 5) is 65.1. The Bertz CT molecular complexity index is 1260. The van der Waals surface area contributed by atoms with E-state index in [1.165, 1.54) is 13.8 Å². The number of hydrogen-bond acceptors (Lipinski definition) is 12. The maximum absolute atomic E-state index is 13.3. The molecule has 3 aliphatic rings. The van der Waals surface area contributed by atoms with E-state index >= 15 is 0 Å². The van der Waals surface area contributed by atoms with Gasteiger partial charge in [0.05, 0.1) is 5.92 Å². The summed E-state index contributed by atoms with van der Waals surface area (Å²) in [6, 6.07) is 0. The van der Waals surface area contributed by atoms with Crippen LogP contribution in [-0.2, 0) is 47.7 Å². The number of allylic oxidation sites excluding steroid dienone is 1. The number of rotatable bonds is 13. The number of unbranched alkanes of at least 4 members (excludes halogenated alkanes) is 4. The van der Waals surface area contributed by atoms with Gasteiger partial charge in [-0.3, -0.25) is 14.4 Å². The predicted octanol–water partition coefficient (Wildman–Crippen LogP) is 3.93. The average Bonchev–Trinajstić information content (AvgIpc) is 3.30. The lowest BCUT2D eigenvalue weighted by Gasteiger charge is -2.41. The van der Waals surface area contributed by atoms with Crippen molar-refractivity contribution in [3.8, 4) is 0 Å². The van der Waals surface area contributed by atoms with Crippen LogP contribution in [0, 0.1) is 5.92 Å². The van der Waals surface area contributed by atoms with Crippen molar-refractivity contribution < 1.29 is 57.9 Å². The third-order valence-electron chi connectivity index (χ3n) is 9.51. The molecule has 0 aromatic heterocycles. The summed E-state index contributed by atoms with van der Waals surface area (Å²) < 4.78 is 29.3. The molecule has 0 radical (unpaired) electrons. The Morgan fingerprint density at radius 3 is 2.15 bits per heavy atom. The number of carbonyl (C=O) groups is 5. The van der Waals surface area contributed by atoms with Crippen molar-refractivity contribution in [1.82, 2.24) is 0 Å². The molecule has 2 fully saturated rings. The van der Waals surface area contributed by atoms with E-state index in [9.17, 15) is 34.2 Å². The van der Waals surface area contributed by atoms with Gasteiger partial charge < -0.3 is 33.9 Å². The molecule has 1 saturated carbocycles. The molecular formula is C34H50O12. The van der Waals surface area contributed by atoms with E-state index in [0.717, 1.165) is 32.6 Å². The molecule has 258 valence electrons. The van der Waals surface area contributed by atoms with Gasteiger partial charge in [0, 0.05) is 31.8 Å². The highest BCUT2D eigenvalue weighted by Gasteiger charge is 2.76. The summed E-state index contributed by atoms with van der Waals surface area (Å²) in [5.41, 5.74) is -6.12. The van der Waals surface area contributed by atoms with Gasteiger partial charge in [0.1, 0.15) is 11.7 Å². The van der Waals surface area contributed by atoms with Crippen molar-refractivity contribution in [2.45, 2.75) is 154 Å². The van der Waals surface area contributed by atoms with Crippen molar-refractivity contribution in [2.24, 2.45) is 5.92 Å². The number of carbonyl (C=O) groups excluding carboxylic acids is 5. The number of esters is 5. The summed E-state index contributed by atoms with van der Waals surface area (Å²) in [5, 5.41) is 23.9. The molecule has 3 rings (SSSR count). The van der Waals surface area contributed by atoms with Gasteiger partial charge in [-0.2, -0.15) is 0 Å². The summed E-state index contributed by atoms with van der Waals surface area (Å²) in [6.07, 6.45) is 0.272. The van der Waals surface area contributed by atoms with Crippen molar-refractivity contribution in [3.63, 3.8) is 0 Å². The van der Waals surface area contributed by atoms with Crippen molar-refractivity contribution in [1.29, 1.82) is 0 Å². The van der Waals surface area contributed by atoms with Crippen LogP contribution in [0.2, 0.25) is 0 Å². The third kappa shape index (κ3) is 7.02.